The summed E-state index contributed by atoms with van der Waals surface area (Å²) in [5, 5.41) is 10.8. The minimum atomic E-state index is -3.61. The van der Waals surface area contributed by atoms with Gasteiger partial charge < -0.3 is 0 Å². The molecule has 1 heterocycles. The van der Waals surface area contributed by atoms with Gasteiger partial charge in [0.05, 0.1) is 10.6 Å². The minimum Gasteiger partial charge on any atom is -0.280 e. The maximum atomic E-state index is 12.3. The Bertz CT molecular complexity index is 862. The number of halogens is 1. The Morgan fingerprint density at radius 1 is 1.00 bits per heavy atom. The molecule has 3 rings (SSSR count). The van der Waals surface area contributed by atoms with Crippen molar-refractivity contribution in [2.75, 3.05) is 4.72 Å². The van der Waals surface area contributed by atoms with Gasteiger partial charge in [-0.1, -0.05) is 15.9 Å². The smallest absolute Gasteiger partial charge is 0.261 e. The number of rotatable bonds is 4. The van der Waals surface area contributed by atoms with Gasteiger partial charge in [0, 0.05) is 10.2 Å². The van der Waals surface area contributed by atoms with Crippen molar-refractivity contribution < 1.29 is 8.42 Å². The van der Waals surface area contributed by atoms with Crippen LogP contribution in [-0.4, -0.2) is 28.6 Å². The molecule has 0 bridgehead atoms. The van der Waals surface area contributed by atoms with Crippen molar-refractivity contribution >= 4 is 31.6 Å². The number of anilines is 1. The predicted molar refractivity (Wildman–Crippen MR) is 84.1 cm³/mol. The summed E-state index contributed by atoms with van der Waals surface area (Å²) >= 11 is 3.27. The molecule has 0 atom stereocenters. The van der Waals surface area contributed by atoms with Gasteiger partial charge in [-0.3, -0.25) is 4.72 Å². The van der Waals surface area contributed by atoms with E-state index in [-0.39, 0.29) is 4.90 Å². The van der Waals surface area contributed by atoms with Crippen molar-refractivity contribution in [3.05, 3.63) is 59.3 Å². The van der Waals surface area contributed by atoms with Crippen LogP contribution in [0.4, 0.5) is 5.69 Å². The first-order valence-electron chi connectivity index (χ1n) is 6.16. The SMILES string of the molecule is O=S(=O)(Nc1ccc(-n2cnnn2)cc1)c1ccc(Br)cc1. The number of aromatic nitrogens is 4. The number of sulfonamides is 1. The summed E-state index contributed by atoms with van der Waals surface area (Å²) in [6, 6.07) is 13.1. The lowest BCUT2D eigenvalue weighted by Crippen LogP contribution is -2.12. The Labute approximate surface area is 135 Å². The maximum absolute atomic E-state index is 12.3. The fraction of sp³-hybridized carbons (Fsp3) is 0. The molecule has 0 fully saturated rings. The molecule has 0 spiro atoms. The van der Waals surface area contributed by atoms with Gasteiger partial charge >= 0.3 is 0 Å². The lowest BCUT2D eigenvalue weighted by Gasteiger charge is -2.08. The second kappa shape index (κ2) is 5.85. The zero-order valence-electron chi connectivity index (χ0n) is 11.1. The van der Waals surface area contributed by atoms with E-state index in [4.69, 9.17) is 0 Å². The molecule has 3 aromatic rings. The molecule has 1 aromatic heterocycles. The van der Waals surface area contributed by atoms with Crippen molar-refractivity contribution in [3.63, 3.8) is 0 Å². The first kappa shape index (κ1) is 14.7. The average molecular weight is 380 g/mol. The summed E-state index contributed by atoms with van der Waals surface area (Å²) in [5.41, 5.74) is 1.19. The molecule has 1 N–H and O–H groups in total. The van der Waals surface area contributed by atoms with Gasteiger partial charge in [-0.15, -0.1) is 5.10 Å². The summed E-state index contributed by atoms with van der Waals surface area (Å²) in [5.74, 6) is 0. The molecule has 0 unspecified atom stereocenters. The van der Waals surface area contributed by atoms with Crippen LogP contribution < -0.4 is 4.72 Å². The van der Waals surface area contributed by atoms with Crippen LogP contribution in [-0.2, 0) is 10.0 Å². The molecular formula is C13H10BrN5O2S. The summed E-state index contributed by atoms with van der Waals surface area (Å²) in [6.45, 7) is 0. The van der Waals surface area contributed by atoms with Crippen LogP contribution in [0.15, 0.2) is 64.2 Å². The molecule has 0 aliphatic carbocycles. The van der Waals surface area contributed by atoms with Gasteiger partial charge in [-0.05, 0) is 59.0 Å². The molecule has 0 radical (unpaired) electrons. The summed E-state index contributed by atoms with van der Waals surface area (Å²) in [4.78, 5) is 0.195. The number of tetrazole rings is 1. The van der Waals surface area contributed by atoms with E-state index >= 15 is 0 Å². The molecule has 22 heavy (non-hydrogen) atoms. The van der Waals surface area contributed by atoms with Gasteiger partial charge in [0.15, 0.2) is 0 Å². The lowest BCUT2D eigenvalue weighted by molar-refractivity contribution is 0.601. The third-order valence-corrected chi connectivity index (χ3v) is 4.78. The number of benzene rings is 2. The van der Waals surface area contributed by atoms with E-state index < -0.39 is 10.0 Å². The fourth-order valence-corrected chi connectivity index (χ4v) is 3.11. The Morgan fingerprint density at radius 2 is 1.68 bits per heavy atom. The van der Waals surface area contributed by atoms with E-state index in [0.29, 0.717) is 5.69 Å². The second-order valence-electron chi connectivity index (χ2n) is 4.36. The van der Waals surface area contributed by atoms with E-state index in [1.165, 1.54) is 23.1 Å². The fourth-order valence-electron chi connectivity index (χ4n) is 1.79. The highest BCUT2D eigenvalue weighted by molar-refractivity contribution is 9.10. The van der Waals surface area contributed by atoms with Gasteiger partial charge in [0.25, 0.3) is 10.0 Å². The van der Waals surface area contributed by atoms with Crippen molar-refractivity contribution in [3.8, 4) is 5.69 Å². The number of nitrogens with one attached hydrogen (secondary N) is 1. The topological polar surface area (TPSA) is 89.8 Å². The van der Waals surface area contributed by atoms with Crippen molar-refractivity contribution in [1.29, 1.82) is 0 Å². The first-order valence-corrected chi connectivity index (χ1v) is 8.44. The van der Waals surface area contributed by atoms with Crippen LogP contribution in [0.1, 0.15) is 0 Å². The Hall–Kier alpha value is -2.26. The van der Waals surface area contributed by atoms with Gasteiger partial charge in [-0.2, -0.15) is 0 Å². The number of nitrogens with zero attached hydrogens (tertiary/aromatic N) is 4. The minimum absolute atomic E-state index is 0.195. The molecule has 7 nitrogen and oxygen atoms in total. The normalized spacial score (nSPS) is 11.3. The molecule has 0 aliphatic rings. The standard InChI is InChI=1S/C13H10BrN5O2S/c14-10-1-7-13(8-2-10)22(20,21)16-11-3-5-12(6-4-11)19-9-15-17-18-19/h1-9,16H. The highest BCUT2D eigenvalue weighted by Gasteiger charge is 2.13. The zero-order valence-corrected chi connectivity index (χ0v) is 13.5. The largest absolute Gasteiger partial charge is 0.280 e. The van der Waals surface area contributed by atoms with E-state index in [1.807, 2.05) is 0 Å². The molecule has 0 aliphatic heterocycles. The first-order chi connectivity index (χ1) is 10.5. The zero-order chi connectivity index (χ0) is 15.6. The average Bonchev–Trinajstić information content (AvgIpc) is 3.02. The number of hydrogen-bond acceptors (Lipinski definition) is 5. The Kier molecular flexibility index (Phi) is 3.90. The number of hydrogen-bond donors (Lipinski definition) is 1. The van der Waals surface area contributed by atoms with Gasteiger partial charge in [0.2, 0.25) is 0 Å². The van der Waals surface area contributed by atoms with Crippen LogP contribution in [0.2, 0.25) is 0 Å². The summed E-state index contributed by atoms with van der Waals surface area (Å²) in [6.07, 6.45) is 1.46. The predicted octanol–water partition coefficient (Wildman–Crippen LogP) is 2.23. The van der Waals surface area contributed by atoms with Gasteiger partial charge in [0.1, 0.15) is 6.33 Å². The molecule has 0 amide bonds. The van der Waals surface area contributed by atoms with Crippen LogP contribution in [0.3, 0.4) is 0 Å². The highest BCUT2D eigenvalue weighted by Crippen LogP contribution is 2.19. The summed E-state index contributed by atoms with van der Waals surface area (Å²) in [7, 11) is -3.61. The molecule has 9 heteroatoms. The molecule has 2 aromatic carbocycles. The quantitative estimate of drug-likeness (QED) is 0.750. The maximum Gasteiger partial charge on any atom is 0.261 e. The van der Waals surface area contributed by atoms with E-state index in [9.17, 15) is 8.42 Å². The monoisotopic (exact) mass is 379 g/mol. The van der Waals surface area contributed by atoms with E-state index in [2.05, 4.69) is 36.2 Å². The molecular weight excluding hydrogens is 370 g/mol. The lowest BCUT2D eigenvalue weighted by atomic mass is 10.3. The molecule has 0 saturated heterocycles. The van der Waals surface area contributed by atoms with E-state index in [0.717, 1.165) is 10.2 Å². The Balaban J connectivity index is 1.82. The van der Waals surface area contributed by atoms with E-state index in [1.54, 1.807) is 36.4 Å². The third-order valence-electron chi connectivity index (χ3n) is 2.86. The van der Waals surface area contributed by atoms with Crippen LogP contribution >= 0.6 is 15.9 Å². The second-order valence-corrected chi connectivity index (χ2v) is 6.96. The molecule has 112 valence electrons. The summed E-state index contributed by atoms with van der Waals surface area (Å²) < 4.78 is 29.3. The van der Waals surface area contributed by atoms with Crippen LogP contribution in [0, 0.1) is 0 Å². The van der Waals surface area contributed by atoms with Crippen LogP contribution in [0.25, 0.3) is 5.69 Å². The molecule has 0 saturated carbocycles. The highest BCUT2D eigenvalue weighted by atomic mass is 79.9. The third kappa shape index (κ3) is 3.15. The Morgan fingerprint density at radius 3 is 2.27 bits per heavy atom. The van der Waals surface area contributed by atoms with Crippen LogP contribution in [0.5, 0.6) is 0 Å². The van der Waals surface area contributed by atoms with Gasteiger partial charge in [-0.25, -0.2) is 13.1 Å². The van der Waals surface area contributed by atoms with Crippen molar-refractivity contribution in [2.45, 2.75) is 4.90 Å². The van der Waals surface area contributed by atoms with Crippen molar-refractivity contribution in [1.82, 2.24) is 20.2 Å². The van der Waals surface area contributed by atoms with Crippen molar-refractivity contribution in [2.24, 2.45) is 0 Å².